The summed E-state index contributed by atoms with van der Waals surface area (Å²) in [6.45, 7) is 2.74. The minimum Gasteiger partial charge on any atom is -0.388 e. The number of rotatable bonds is 4. The van der Waals surface area contributed by atoms with Crippen LogP contribution in [-0.2, 0) is 4.74 Å². The van der Waals surface area contributed by atoms with Crippen molar-refractivity contribution in [2.24, 2.45) is 11.7 Å². The quantitative estimate of drug-likeness (QED) is 0.819. The summed E-state index contributed by atoms with van der Waals surface area (Å²) in [6.07, 6.45) is 3.92. The second-order valence-corrected chi connectivity index (χ2v) is 4.93. The van der Waals surface area contributed by atoms with Gasteiger partial charge >= 0.3 is 0 Å². The predicted octanol–water partition coefficient (Wildman–Crippen LogP) is 0.974. The zero-order valence-corrected chi connectivity index (χ0v) is 11.3. The molecule has 2 heterocycles. The van der Waals surface area contributed by atoms with Crippen LogP contribution in [0.5, 0.6) is 0 Å². The highest BCUT2D eigenvalue weighted by Gasteiger charge is 2.21. The summed E-state index contributed by atoms with van der Waals surface area (Å²) in [5, 5.41) is 0. The summed E-state index contributed by atoms with van der Waals surface area (Å²) < 4.78 is 5.19. The molecule has 1 aliphatic heterocycles. The molecule has 0 unspecified atom stereocenters. The Hall–Kier alpha value is -1.27. The number of piperidine rings is 1. The average molecular weight is 266 g/mol. The van der Waals surface area contributed by atoms with Gasteiger partial charge in [0.15, 0.2) is 0 Å². The van der Waals surface area contributed by atoms with E-state index in [2.05, 4.69) is 14.9 Å². The molecule has 0 atom stereocenters. The molecule has 6 heteroatoms. The van der Waals surface area contributed by atoms with Gasteiger partial charge in [0.2, 0.25) is 5.95 Å². The summed E-state index contributed by atoms with van der Waals surface area (Å²) in [6, 6.07) is 1.74. The van der Waals surface area contributed by atoms with Gasteiger partial charge in [-0.2, -0.15) is 0 Å². The van der Waals surface area contributed by atoms with E-state index < -0.39 is 0 Å². The number of ether oxygens (including phenoxy) is 1. The van der Waals surface area contributed by atoms with E-state index in [1.54, 1.807) is 19.4 Å². The lowest BCUT2D eigenvalue weighted by Crippen LogP contribution is -2.36. The molecular weight excluding hydrogens is 248 g/mol. The largest absolute Gasteiger partial charge is 0.388 e. The van der Waals surface area contributed by atoms with Gasteiger partial charge in [0.25, 0.3) is 0 Å². The first-order chi connectivity index (χ1) is 8.70. The molecule has 1 saturated heterocycles. The normalized spacial score (nSPS) is 16.8. The molecule has 0 amide bonds. The summed E-state index contributed by atoms with van der Waals surface area (Å²) in [5.74, 6) is 1.36. The van der Waals surface area contributed by atoms with Gasteiger partial charge in [-0.05, 0) is 24.8 Å². The van der Waals surface area contributed by atoms with Gasteiger partial charge in [0.1, 0.15) is 10.7 Å². The molecule has 0 saturated carbocycles. The monoisotopic (exact) mass is 266 g/mol. The van der Waals surface area contributed by atoms with E-state index in [9.17, 15) is 0 Å². The fourth-order valence-corrected chi connectivity index (χ4v) is 2.29. The van der Waals surface area contributed by atoms with E-state index in [0.29, 0.717) is 16.6 Å². The van der Waals surface area contributed by atoms with Gasteiger partial charge < -0.3 is 15.4 Å². The topological polar surface area (TPSA) is 64.3 Å². The van der Waals surface area contributed by atoms with E-state index in [1.165, 1.54) is 0 Å². The SMILES string of the molecule is COCC1CCN(c2nccc(C(N)=S)n2)CC1. The lowest BCUT2D eigenvalue weighted by atomic mass is 9.98. The zero-order chi connectivity index (χ0) is 13.0. The van der Waals surface area contributed by atoms with Crippen LogP contribution in [0.1, 0.15) is 18.5 Å². The summed E-state index contributed by atoms with van der Waals surface area (Å²) >= 11 is 4.93. The standard InChI is InChI=1S/C12H18N4OS/c1-17-8-9-3-6-16(7-4-9)12-14-5-2-10(15-12)11(13)18/h2,5,9H,3-4,6-8H2,1H3,(H2,13,18). The maximum atomic E-state index is 5.58. The third-order valence-corrected chi connectivity index (χ3v) is 3.40. The predicted molar refractivity (Wildman–Crippen MR) is 74.7 cm³/mol. The molecule has 0 bridgehead atoms. The van der Waals surface area contributed by atoms with Crippen LogP contribution in [0.4, 0.5) is 5.95 Å². The van der Waals surface area contributed by atoms with Gasteiger partial charge in [-0.25, -0.2) is 9.97 Å². The fraction of sp³-hybridized carbons (Fsp3) is 0.583. The number of anilines is 1. The van der Waals surface area contributed by atoms with Crippen LogP contribution < -0.4 is 10.6 Å². The molecule has 1 aliphatic rings. The van der Waals surface area contributed by atoms with Crippen LogP contribution in [0, 0.1) is 5.92 Å². The number of thiocarbonyl (C=S) groups is 1. The number of nitrogens with zero attached hydrogens (tertiary/aromatic N) is 3. The summed E-state index contributed by atoms with van der Waals surface area (Å²) in [5.41, 5.74) is 6.21. The molecule has 0 aromatic carbocycles. The van der Waals surface area contributed by atoms with E-state index in [-0.39, 0.29) is 0 Å². The molecular formula is C12H18N4OS. The van der Waals surface area contributed by atoms with Crippen molar-refractivity contribution in [2.75, 3.05) is 31.7 Å². The number of nitrogens with two attached hydrogens (primary N) is 1. The molecule has 0 spiro atoms. The highest BCUT2D eigenvalue weighted by atomic mass is 32.1. The highest BCUT2D eigenvalue weighted by Crippen LogP contribution is 2.20. The molecule has 1 aromatic rings. The molecule has 0 aliphatic carbocycles. The number of hydrogen-bond donors (Lipinski definition) is 1. The third-order valence-electron chi connectivity index (χ3n) is 3.20. The van der Waals surface area contributed by atoms with Gasteiger partial charge in [0, 0.05) is 33.0 Å². The number of hydrogen-bond acceptors (Lipinski definition) is 5. The Morgan fingerprint density at radius 3 is 2.89 bits per heavy atom. The molecule has 18 heavy (non-hydrogen) atoms. The van der Waals surface area contributed by atoms with Crippen molar-refractivity contribution in [1.29, 1.82) is 0 Å². The Bertz CT molecular complexity index is 418. The first-order valence-corrected chi connectivity index (χ1v) is 6.48. The van der Waals surface area contributed by atoms with Gasteiger partial charge in [-0.3, -0.25) is 0 Å². The van der Waals surface area contributed by atoms with Crippen LogP contribution in [0.3, 0.4) is 0 Å². The van der Waals surface area contributed by atoms with Gasteiger partial charge in [-0.1, -0.05) is 12.2 Å². The minimum atomic E-state index is 0.313. The number of aromatic nitrogens is 2. The average Bonchev–Trinajstić information content (AvgIpc) is 2.40. The Morgan fingerprint density at radius 2 is 2.28 bits per heavy atom. The molecule has 0 radical (unpaired) electrons. The van der Waals surface area contributed by atoms with Gasteiger partial charge in [0.05, 0.1) is 0 Å². The summed E-state index contributed by atoms with van der Waals surface area (Å²) in [7, 11) is 1.75. The van der Waals surface area contributed by atoms with Crippen LogP contribution >= 0.6 is 12.2 Å². The second-order valence-electron chi connectivity index (χ2n) is 4.49. The fourth-order valence-electron chi connectivity index (χ4n) is 2.17. The molecule has 2 rings (SSSR count). The van der Waals surface area contributed by atoms with Crippen LogP contribution in [0.2, 0.25) is 0 Å². The van der Waals surface area contributed by atoms with Crippen molar-refractivity contribution in [3.8, 4) is 0 Å². The minimum absolute atomic E-state index is 0.313. The van der Waals surface area contributed by atoms with Crippen molar-refractivity contribution in [3.05, 3.63) is 18.0 Å². The smallest absolute Gasteiger partial charge is 0.225 e. The highest BCUT2D eigenvalue weighted by molar-refractivity contribution is 7.80. The third kappa shape index (κ3) is 3.14. The Kier molecular flexibility index (Phi) is 4.43. The van der Waals surface area contributed by atoms with Crippen molar-refractivity contribution >= 4 is 23.2 Å². The molecule has 1 aromatic heterocycles. The van der Waals surface area contributed by atoms with Crippen molar-refractivity contribution in [2.45, 2.75) is 12.8 Å². The van der Waals surface area contributed by atoms with Crippen LogP contribution in [-0.4, -0.2) is 41.8 Å². The lowest BCUT2D eigenvalue weighted by Gasteiger charge is -2.31. The van der Waals surface area contributed by atoms with Crippen LogP contribution in [0.15, 0.2) is 12.3 Å². The molecule has 1 fully saturated rings. The van der Waals surface area contributed by atoms with Crippen molar-refractivity contribution in [3.63, 3.8) is 0 Å². The molecule has 2 N–H and O–H groups in total. The Labute approximate surface area is 112 Å². The maximum absolute atomic E-state index is 5.58. The summed E-state index contributed by atoms with van der Waals surface area (Å²) in [4.78, 5) is 11.2. The van der Waals surface area contributed by atoms with E-state index in [0.717, 1.165) is 38.5 Å². The number of methoxy groups -OCH3 is 1. The lowest BCUT2D eigenvalue weighted by molar-refractivity contribution is 0.139. The van der Waals surface area contributed by atoms with Crippen LogP contribution in [0.25, 0.3) is 0 Å². The van der Waals surface area contributed by atoms with E-state index in [4.69, 9.17) is 22.7 Å². The second kappa shape index (κ2) is 6.06. The van der Waals surface area contributed by atoms with Crippen molar-refractivity contribution < 1.29 is 4.74 Å². The van der Waals surface area contributed by atoms with Gasteiger partial charge in [-0.15, -0.1) is 0 Å². The molecule has 98 valence electrons. The van der Waals surface area contributed by atoms with Crippen molar-refractivity contribution in [1.82, 2.24) is 9.97 Å². The first-order valence-electron chi connectivity index (χ1n) is 6.07. The van der Waals surface area contributed by atoms with E-state index in [1.807, 2.05) is 0 Å². The zero-order valence-electron chi connectivity index (χ0n) is 10.5. The Morgan fingerprint density at radius 1 is 1.56 bits per heavy atom. The maximum Gasteiger partial charge on any atom is 0.225 e. The first kappa shape index (κ1) is 13.2. The van der Waals surface area contributed by atoms with E-state index >= 15 is 0 Å². The Balaban J connectivity index is 2.01. The molecule has 5 nitrogen and oxygen atoms in total.